The normalized spacial score (nSPS) is 12.0. The third-order valence-corrected chi connectivity index (χ3v) is 3.80. The molecule has 6 nitrogen and oxygen atoms in total. The van der Waals surface area contributed by atoms with Crippen LogP contribution in [0, 0.1) is 0 Å². The highest BCUT2D eigenvalue weighted by atomic mass is 16.2. The average Bonchev–Trinajstić information content (AvgIpc) is 3.01. The minimum atomic E-state index is -0.0976. The lowest BCUT2D eigenvalue weighted by atomic mass is 10.1. The second kappa shape index (κ2) is 7.59. The Morgan fingerprint density at radius 3 is 2.82 bits per heavy atom. The summed E-state index contributed by atoms with van der Waals surface area (Å²) in [6.45, 7) is 5.43. The number of aromatic nitrogens is 3. The molecule has 0 radical (unpaired) electrons. The van der Waals surface area contributed by atoms with Crippen LogP contribution in [0.4, 0.5) is 4.79 Å². The zero-order valence-electron chi connectivity index (χ0n) is 13.4. The summed E-state index contributed by atoms with van der Waals surface area (Å²) >= 11 is 0. The fraction of sp³-hybridized carbons (Fsp3) is 0.438. The highest BCUT2D eigenvalue weighted by molar-refractivity contribution is 5.74. The van der Waals surface area contributed by atoms with E-state index >= 15 is 0 Å². The minimum Gasteiger partial charge on any atom is -0.333 e. The van der Waals surface area contributed by atoms with E-state index in [1.165, 1.54) is 0 Å². The Morgan fingerprint density at radius 1 is 1.36 bits per heavy atom. The van der Waals surface area contributed by atoms with Crippen LogP contribution in [0.5, 0.6) is 0 Å². The smallest absolute Gasteiger partial charge is 0.317 e. The first-order chi connectivity index (χ1) is 10.7. The van der Waals surface area contributed by atoms with Crippen molar-refractivity contribution in [2.45, 2.75) is 39.4 Å². The van der Waals surface area contributed by atoms with Gasteiger partial charge in [-0.2, -0.15) is 0 Å². The molecule has 2 heterocycles. The topological polar surface area (TPSA) is 63.1 Å². The zero-order chi connectivity index (χ0) is 15.9. The van der Waals surface area contributed by atoms with Crippen LogP contribution in [0.15, 0.2) is 37.1 Å². The van der Waals surface area contributed by atoms with Crippen molar-refractivity contribution < 1.29 is 4.79 Å². The molecule has 0 aromatic carbocycles. The lowest BCUT2D eigenvalue weighted by Gasteiger charge is -2.27. The van der Waals surface area contributed by atoms with Crippen molar-refractivity contribution in [3.8, 4) is 0 Å². The number of nitrogens with zero attached hydrogens (tertiary/aromatic N) is 4. The van der Waals surface area contributed by atoms with Gasteiger partial charge in [-0.05, 0) is 25.0 Å². The second-order valence-electron chi connectivity index (χ2n) is 5.15. The van der Waals surface area contributed by atoms with Crippen molar-refractivity contribution in [3.63, 3.8) is 0 Å². The third kappa shape index (κ3) is 3.63. The molecule has 2 amide bonds. The molecule has 0 saturated carbocycles. The number of nitrogens with one attached hydrogen (secondary N) is 1. The van der Waals surface area contributed by atoms with Crippen molar-refractivity contribution in [2.24, 2.45) is 0 Å². The van der Waals surface area contributed by atoms with Gasteiger partial charge in [0.15, 0.2) is 0 Å². The summed E-state index contributed by atoms with van der Waals surface area (Å²) in [4.78, 5) is 22.3. The van der Waals surface area contributed by atoms with Crippen LogP contribution in [0.1, 0.15) is 37.6 Å². The van der Waals surface area contributed by atoms with E-state index in [0.29, 0.717) is 6.54 Å². The molecule has 1 atom stereocenters. The zero-order valence-corrected chi connectivity index (χ0v) is 13.4. The molecule has 0 fully saturated rings. The molecule has 6 heteroatoms. The van der Waals surface area contributed by atoms with Gasteiger partial charge in [-0.25, -0.2) is 9.78 Å². The van der Waals surface area contributed by atoms with Gasteiger partial charge in [0.05, 0.1) is 24.6 Å². The number of pyridine rings is 1. The highest BCUT2D eigenvalue weighted by Gasteiger charge is 2.20. The number of hydrogen-bond donors (Lipinski definition) is 1. The van der Waals surface area contributed by atoms with E-state index < -0.39 is 0 Å². The van der Waals surface area contributed by atoms with Gasteiger partial charge in [0.2, 0.25) is 0 Å². The van der Waals surface area contributed by atoms with Crippen LogP contribution < -0.4 is 5.32 Å². The summed E-state index contributed by atoms with van der Waals surface area (Å²) in [5.41, 5.74) is 2.04. The first-order valence-electron chi connectivity index (χ1n) is 7.56. The van der Waals surface area contributed by atoms with E-state index in [1.54, 1.807) is 23.6 Å². The van der Waals surface area contributed by atoms with E-state index in [0.717, 1.165) is 24.2 Å². The Balaban J connectivity index is 1.99. The monoisotopic (exact) mass is 301 g/mol. The predicted molar refractivity (Wildman–Crippen MR) is 85.2 cm³/mol. The minimum absolute atomic E-state index is 0.0183. The number of urea groups is 1. The average molecular weight is 301 g/mol. The number of carbonyl (C=O) groups is 1. The molecule has 0 bridgehead atoms. The Kier molecular flexibility index (Phi) is 5.52. The molecule has 2 aromatic rings. The van der Waals surface area contributed by atoms with Crippen LogP contribution in [0.3, 0.4) is 0 Å². The van der Waals surface area contributed by atoms with Crippen LogP contribution in [-0.4, -0.2) is 32.5 Å². The Hall–Kier alpha value is -2.37. The number of aryl methyl sites for hydroxylation is 1. The molecular weight excluding hydrogens is 278 g/mol. The number of carbonyl (C=O) groups excluding carboxylic acids is 1. The fourth-order valence-corrected chi connectivity index (χ4v) is 2.52. The van der Waals surface area contributed by atoms with Gasteiger partial charge in [-0.15, -0.1) is 0 Å². The van der Waals surface area contributed by atoms with E-state index in [1.807, 2.05) is 29.9 Å². The molecule has 0 aliphatic heterocycles. The summed E-state index contributed by atoms with van der Waals surface area (Å²) in [6.07, 6.45) is 7.94. The summed E-state index contributed by atoms with van der Waals surface area (Å²) in [5.74, 6) is 0. The van der Waals surface area contributed by atoms with Crippen LogP contribution in [-0.2, 0) is 13.1 Å². The molecule has 0 saturated heterocycles. The maximum atomic E-state index is 12.4. The van der Waals surface area contributed by atoms with Gasteiger partial charge in [0.1, 0.15) is 0 Å². The van der Waals surface area contributed by atoms with Gasteiger partial charge in [-0.1, -0.05) is 13.0 Å². The molecule has 22 heavy (non-hydrogen) atoms. The first-order valence-corrected chi connectivity index (χ1v) is 7.56. The van der Waals surface area contributed by atoms with Crippen molar-refractivity contribution in [1.82, 2.24) is 24.8 Å². The maximum Gasteiger partial charge on any atom is 0.317 e. The molecule has 2 rings (SSSR count). The van der Waals surface area contributed by atoms with Gasteiger partial charge in [-0.3, -0.25) is 4.98 Å². The third-order valence-electron chi connectivity index (χ3n) is 3.80. The van der Waals surface area contributed by atoms with Crippen LogP contribution in [0.25, 0.3) is 0 Å². The van der Waals surface area contributed by atoms with E-state index in [4.69, 9.17) is 0 Å². The summed E-state index contributed by atoms with van der Waals surface area (Å²) in [7, 11) is 1.81. The highest BCUT2D eigenvalue weighted by Crippen LogP contribution is 2.21. The predicted octanol–water partition coefficient (Wildman–Crippen LogP) is 2.59. The molecule has 118 valence electrons. The molecule has 2 aromatic heterocycles. The lowest BCUT2D eigenvalue weighted by Crippen LogP contribution is -2.39. The van der Waals surface area contributed by atoms with Crippen molar-refractivity contribution in [2.75, 3.05) is 7.05 Å². The summed E-state index contributed by atoms with van der Waals surface area (Å²) in [5, 5.41) is 2.95. The molecule has 0 aliphatic carbocycles. The number of rotatable bonds is 6. The Bertz CT molecular complexity index is 596. The van der Waals surface area contributed by atoms with Crippen LogP contribution >= 0.6 is 0 Å². The van der Waals surface area contributed by atoms with Gasteiger partial charge < -0.3 is 14.8 Å². The molecule has 1 N–H and O–H groups in total. The molecule has 0 aliphatic rings. The van der Waals surface area contributed by atoms with Gasteiger partial charge >= 0.3 is 6.03 Å². The standard InChI is InChI=1S/C16H23N5O/c1-4-15(13-7-6-8-17-9-13)20(3)16(22)19-11-14-10-18-12-21(14)5-2/h6-10,12,15H,4-5,11H2,1-3H3,(H,19,22)/t15-/m1/s1. The maximum absolute atomic E-state index is 12.4. The van der Waals surface area contributed by atoms with E-state index in [-0.39, 0.29) is 12.1 Å². The Labute approximate surface area is 131 Å². The number of amides is 2. The van der Waals surface area contributed by atoms with Crippen LogP contribution in [0.2, 0.25) is 0 Å². The number of hydrogen-bond acceptors (Lipinski definition) is 3. The van der Waals surface area contributed by atoms with Gasteiger partial charge in [0.25, 0.3) is 0 Å². The summed E-state index contributed by atoms with van der Waals surface area (Å²) in [6, 6.07) is 3.81. The van der Waals surface area contributed by atoms with Crippen molar-refractivity contribution >= 4 is 6.03 Å². The van der Waals surface area contributed by atoms with Crippen molar-refractivity contribution in [1.29, 1.82) is 0 Å². The lowest BCUT2D eigenvalue weighted by molar-refractivity contribution is 0.188. The largest absolute Gasteiger partial charge is 0.333 e. The first kappa shape index (κ1) is 16.0. The number of imidazole rings is 1. The SMILES string of the molecule is CC[C@H](c1cccnc1)N(C)C(=O)NCc1cncn1CC. The van der Waals surface area contributed by atoms with Gasteiger partial charge in [0, 0.05) is 32.2 Å². The molecule has 0 spiro atoms. The Morgan fingerprint density at radius 2 is 2.18 bits per heavy atom. The fourth-order valence-electron chi connectivity index (χ4n) is 2.52. The quantitative estimate of drug-likeness (QED) is 0.892. The molecule has 0 unspecified atom stereocenters. The molecular formula is C16H23N5O. The van der Waals surface area contributed by atoms with Crippen molar-refractivity contribution in [3.05, 3.63) is 48.3 Å². The van der Waals surface area contributed by atoms with E-state index in [9.17, 15) is 4.79 Å². The summed E-state index contributed by atoms with van der Waals surface area (Å²) < 4.78 is 2.01. The van der Waals surface area contributed by atoms with E-state index in [2.05, 4.69) is 29.1 Å². The second-order valence-corrected chi connectivity index (χ2v) is 5.15.